The van der Waals surface area contributed by atoms with Crippen LogP contribution in [0.2, 0.25) is 0 Å². The largest absolute Gasteiger partial charge is 0.342 e. The van der Waals surface area contributed by atoms with Crippen LogP contribution in [0.25, 0.3) is 0 Å². The molecule has 26 heavy (non-hydrogen) atoms. The molecule has 1 atom stereocenters. The summed E-state index contributed by atoms with van der Waals surface area (Å²) in [5.41, 5.74) is 2.39. The summed E-state index contributed by atoms with van der Waals surface area (Å²) in [6.45, 7) is 4.86. The maximum atomic E-state index is 12.8. The molecule has 2 aromatic rings. The van der Waals surface area contributed by atoms with Gasteiger partial charge in [0.25, 0.3) is 0 Å². The number of carbonyl (C=O) groups excluding carboxylic acids is 1. The number of aromatic nitrogens is 2. The van der Waals surface area contributed by atoms with Gasteiger partial charge in [-0.1, -0.05) is 12.1 Å². The van der Waals surface area contributed by atoms with Crippen LogP contribution in [0.15, 0.2) is 48.9 Å². The molecule has 4 heterocycles. The fourth-order valence-electron chi connectivity index (χ4n) is 4.43. The van der Waals surface area contributed by atoms with Crippen molar-refractivity contribution in [2.24, 2.45) is 5.41 Å². The van der Waals surface area contributed by atoms with Gasteiger partial charge in [-0.05, 0) is 49.6 Å². The molecule has 4 rings (SSSR count). The fourth-order valence-corrected chi connectivity index (χ4v) is 4.43. The van der Waals surface area contributed by atoms with Gasteiger partial charge in [0.2, 0.25) is 5.91 Å². The second-order valence-corrected chi connectivity index (χ2v) is 7.74. The third kappa shape index (κ3) is 3.93. The normalized spacial score (nSPS) is 23.5. The van der Waals surface area contributed by atoms with Gasteiger partial charge < -0.3 is 4.90 Å². The zero-order valence-corrected chi connectivity index (χ0v) is 15.2. The molecule has 2 fully saturated rings. The number of likely N-dealkylation sites (tertiary alicyclic amines) is 2. The number of hydrogen-bond donors (Lipinski definition) is 0. The molecule has 136 valence electrons. The van der Waals surface area contributed by atoms with Gasteiger partial charge >= 0.3 is 0 Å². The lowest BCUT2D eigenvalue weighted by atomic mass is 9.79. The average molecular weight is 350 g/mol. The van der Waals surface area contributed by atoms with Crippen molar-refractivity contribution in [3.05, 3.63) is 60.2 Å². The number of carbonyl (C=O) groups is 1. The molecule has 5 heteroatoms. The predicted molar refractivity (Wildman–Crippen MR) is 100 cm³/mol. The zero-order chi connectivity index (χ0) is 17.8. The summed E-state index contributed by atoms with van der Waals surface area (Å²) in [6.07, 6.45) is 9.37. The Balaban J connectivity index is 1.36. The second-order valence-electron chi connectivity index (χ2n) is 7.74. The summed E-state index contributed by atoms with van der Waals surface area (Å²) >= 11 is 0. The summed E-state index contributed by atoms with van der Waals surface area (Å²) in [4.78, 5) is 25.9. The van der Waals surface area contributed by atoms with Crippen LogP contribution in [-0.2, 0) is 17.8 Å². The van der Waals surface area contributed by atoms with Crippen molar-refractivity contribution >= 4 is 5.91 Å². The maximum absolute atomic E-state index is 12.8. The lowest BCUT2D eigenvalue weighted by Crippen LogP contribution is -2.47. The number of hydrogen-bond acceptors (Lipinski definition) is 4. The van der Waals surface area contributed by atoms with Crippen molar-refractivity contribution in [2.45, 2.75) is 32.2 Å². The molecule has 0 unspecified atom stereocenters. The van der Waals surface area contributed by atoms with E-state index in [9.17, 15) is 4.79 Å². The maximum Gasteiger partial charge on any atom is 0.227 e. The Morgan fingerprint density at radius 3 is 2.85 bits per heavy atom. The molecular weight excluding hydrogens is 324 g/mol. The van der Waals surface area contributed by atoms with Crippen molar-refractivity contribution in [1.82, 2.24) is 19.8 Å². The Hall–Kier alpha value is -2.27. The summed E-state index contributed by atoms with van der Waals surface area (Å²) < 4.78 is 0. The highest BCUT2D eigenvalue weighted by molar-refractivity contribution is 5.78. The number of piperidine rings is 1. The van der Waals surface area contributed by atoms with Gasteiger partial charge in [0.15, 0.2) is 0 Å². The quantitative estimate of drug-likeness (QED) is 0.850. The molecule has 0 N–H and O–H groups in total. The van der Waals surface area contributed by atoms with E-state index in [0.717, 1.165) is 50.4 Å². The first kappa shape index (κ1) is 17.2. The molecule has 0 aromatic carbocycles. The summed E-state index contributed by atoms with van der Waals surface area (Å²) in [5.74, 6) is 0.236. The van der Waals surface area contributed by atoms with Crippen LogP contribution in [0.3, 0.4) is 0 Å². The first-order chi connectivity index (χ1) is 12.7. The van der Waals surface area contributed by atoms with Crippen molar-refractivity contribution in [3.8, 4) is 0 Å². The van der Waals surface area contributed by atoms with Gasteiger partial charge in [-0.25, -0.2) is 0 Å². The highest BCUT2D eigenvalue weighted by Crippen LogP contribution is 2.39. The van der Waals surface area contributed by atoms with Crippen LogP contribution < -0.4 is 0 Å². The van der Waals surface area contributed by atoms with E-state index in [-0.39, 0.29) is 11.3 Å². The number of amides is 1. The van der Waals surface area contributed by atoms with Crippen molar-refractivity contribution in [1.29, 1.82) is 0 Å². The van der Waals surface area contributed by atoms with Gasteiger partial charge in [-0.2, -0.15) is 0 Å². The standard InChI is InChI=1S/C21H26N4O/c26-20(13-18-5-3-9-22-14-18)25-11-4-7-21(17-25)8-12-24(16-21)15-19-6-1-2-10-23-19/h1-3,5-6,9-10,14H,4,7-8,11-13,15-17H2/t21-/m1/s1. The minimum atomic E-state index is 0.236. The summed E-state index contributed by atoms with van der Waals surface area (Å²) in [6, 6.07) is 9.98. The van der Waals surface area contributed by atoms with E-state index in [1.54, 1.807) is 12.4 Å². The van der Waals surface area contributed by atoms with E-state index >= 15 is 0 Å². The van der Waals surface area contributed by atoms with Crippen LogP contribution in [0.5, 0.6) is 0 Å². The minimum Gasteiger partial charge on any atom is -0.342 e. The van der Waals surface area contributed by atoms with Crippen LogP contribution in [0.1, 0.15) is 30.5 Å². The van der Waals surface area contributed by atoms with Gasteiger partial charge in [-0.3, -0.25) is 19.7 Å². The molecule has 2 aliphatic rings. The molecule has 2 saturated heterocycles. The van der Waals surface area contributed by atoms with E-state index in [1.807, 2.05) is 30.5 Å². The van der Waals surface area contributed by atoms with Gasteiger partial charge in [0.05, 0.1) is 12.1 Å². The van der Waals surface area contributed by atoms with E-state index in [0.29, 0.717) is 6.42 Å². The molecule has 1 amide bonds. The topological polar surface area (TPSA) is 49.3 Å². The Morgan fingerprint density at radius 2 is 2.04 bits per heavy atom. The van der Waals surface area contributed by atoms with Gasteiger partial charge in [0.1, 0.15) is 0 Å². The first-order valence-corrected chi connectivity index (χ1v) is 9.51. The van der Waals surface area contributed by atoms with Crippen LogP contribution in [-0.4, -0.2) is 51.9 Å². The van der Waals surface area contributed by atoms with Gasteiger partial charge in [-0.15, -0.1) is 0 Å². The summed E-state index contributed by atoms with van der Waals surface area (Å²) in [7, 11) is 0. The van der Waals surface area contributed by atoms with E-state index in [2.05, 4.69) is 25.8 Å². The lowest BCUT2D eigenvalue weighted by molar-refractivity contribution is -0.133. The number of pyridine rings is 2. The monoisotopic (exact) mass is 350 g/mol. The summed E-state index contributed by atoms with van der Waals surface area (Å²) in [5, 5.41) is 0. The average Bonchev–Trinajstić information content (AvgIpc) is 3.05. The fraction of sp³-hybridized carbons (Fsp3) is 0.476. The SMILES string of the molecule is O=C(Cc1cccnc1)N1CCC[C@]2(CCN(Cc3ccccn3)C2)C1. The first-order valence-electron chi connectivity index (χ1n) is 9.51. The molecule has 0 bridgehead atoms. The third-order valence-electron chi connectivity index (χ3n) is 5.72. The third-order valence-corrected chi connectivity index (χ3v) is 5.72. The Morgan fingerprint density at radius 1 is 1.08 bits per heavy atom. The Kier molecular flexibility index (Phi) is 4.98. The van der Waals surface area contributed by atoms with Crippen LogP contribution in [0, 0.1) is 5.41 Å². The van der Waals surface area contributed by atoms with Gasteiger partial charge in [0, 0.05) is 50.2 Å². The molecule has 5 nitrogen and oxygen atoms in total. The Labute approximate surface area is 155 Å². The smallest absolute Gasteiger partial charge is 0.227 e. The van der Waals surface area contributed by atoms with Crippen molar-refractivity contribution < 1.29 is 4.79 Å². The molecule has 0 radical (unpaired) electrons. The molecule has 1 spiro atoms. The number of nitrogens with zero attached hydrogens (tertiary/aromatic N) is 4. The predicted octanol–water partition coefficient (Wildman–Crippen LogP) is 2.53. The molecule has 0 aliphatic carbocycles. The van der Waals surface area contributed by atoms with Crippen LogP contribution in [0.4, 0.5) is 0 Å². The highest BCUT2D eigenvalue weighted by atomic mass is 16.2. The number of rotatable bonds is 4. The van der Waals surface area contributed by atoms with Crippen molar-refractivity contribution in [2.75, 3.05) is 26.2 Å². The van der Waals surface area contributed by atoms with E-state index < -0.39 is 0 Å². The minimum absolute atomic E-state index is 0.236. The molecule has 0 saturated carbocycles. The molecular formula is C21H26N4O. The lowest BCUT2D eigenvalue weighted by Gasteiger charge is -2.40. The zero-order valence-electron chi connectivity index (χ0n) is 15.2. The molecule has 2 aliphatic heterocycles. The van der Waals surface area contributed by atoms with E-state index in [1.165, 1.54) is 12.8 Å². The molecule has 2 aromatic heterocycles. The van der Waals surface area contributed by atoms with Crippen LogP contribution >= 0.6 is 0 Å². The highest BCUT2D eigenvalue weighted by Gasteiger charge is 2.42. The van der Waals surface area contributed by atoms with Crippen molar-refractivity contribution in [3.63, 3.8) is 0 Å². The Bertz CT molecular complexity index is 736. The van der Waals surface area contributed by atoms with E-state index in [4.69, 9.17) is 0 Å². The second kappa shape index (κ2) is 7.54.